The van der Waals surface area contributed by atoms with Crippen LogP contribution in [0.2, 0.25) is 0 Å². The highest BCUT2D eigenvalue weighted by Crippen LogP contribution is 2.41. The SMILES string of the molecule is CNCC1(C(C)COC)CCOC1C. The number of rotatable bonds is 5. The maximum Gasteiger partial charge on any atom is 0.0619 e. The molecule has 3 unspecified atom stereocenters. The van der Waals surface area contributed by atoms with E-state index in [-0.39, 0.29) is 5.41 Å². The lowest BCUT2D eigenvalue weighted by Crippen LogP contribution is -2.44. The molecule has 3 heteroatoms. The largest absolute Gasteiger partial charge is 0.384 e. The van der Waals surface area contributed by atoms with Crippen molar-refractivity contribution in [1.82, 2.24) is 5.32 Å². The van der Waals surface area contributed by atoms with Gasteiger partial charge in [0.2, 0.25) is 0 Å². The van der Waals surface area contributed by atoms with Gasteiger partial charge in [0.05, 0.1) is 6.10 Å². The van der Waals surface area contributed by atoms with E-state index in [1.54, 1.807) is 7.11 Å². The minimum atomic E-state index is 0.255. The van der Waals surface area contributed by atoms with E-state index in [2.05, 4.69) is 19.2 Å². The topological polar surface area (TPSA) is 30.5 Å². The summed E-state index contributed by atoms with van der Waals surface area (Å²) in [6, 6.07) is 0. The van der Waals surface area contributed by atoms with Crippen molar-refractivity contribution in [2.24, 2.45) is 11.3 Å². The lowest BCUT2D eigenvalue weighted by atomic mass is 9.71. The molecule has 0 spiro atoms. The zero-order chi connectivity index (χ0) is 10.6. The standard InChI is InChI=1S/C11H23NO2/c1-9(7-13-4)11(8-12-3)5-6-14-10(11)2/h9-10,12H,5-8H2,1-4H3. The van der Waals surface area contributed by atoms with Gasteiger partial charge >= 0.3 is 0 Å². The molecule has 3 nitrogen and oxygen atoms in total. The summed E-state index contributed by atoms with van der Waals surface area (Å²) < 4.78 is 10.9. The summed E-state index contributed by atoms with van der Waals surface area (Å²) in [6.07, 6.45) is 1.47. The zero-order valence-electron chi connectivity index (χ0n) is 9.80. The van der Waals surface area contributed by atoms with Gasteiger partial charge in [0.1, 0.15) is 0 Å². The van der Waals surface area contributed by atoms with Crippen LogP contribution in [0.4, 0.5) is 0 Å². The Balaban J connectivity index is 2.69. The highest BCUT2D eigenvalue weighted by molar-refractivity contribution is 4.94. The van der Waals surface area contributed by atoms with Crippen molar-refractivity contribution < 1.29 is 9.47 Å². The van der Waals surface area contributed by atoms with Crippen LogP contribution >= 0.6 is 0 Å². The Hall–Kier alpha value is -0.120. The molecule has 0 saturated carbocycles. The third kappa shape index (κ3) is 2.10. The van der Waals surface area contributed by atoms with E-state index in [1.807, 2.05) is 7.05 Å². The van der Waals surface area contributed by atoms with Gasteiger partial charge in [-0.25, -0.2) is 0 Å². The zero-order valence-corrected chi connectivity index (χ0v) is 9.80. The Kier molecular flexibility index (Phi) is 4.35. The van der Waals surface area contributed by atoms with Crippen LogP contribution in [0.5, 0.6) is 0 Å². The van der Waals surface area contributed by atoms with Crippen molar-refractivity contribution in [1.29, 1.82) is 0 Å². The number of hydrogen-bond donors (Lipinski definition) is 1. The van der Waals surface area contributed by atoms with Gasteiger partial charge in [0.25, 0.3) is 0 Å². The van der Waals surface area contributed by atoms with Gasteiger partial charge in [-0.1, -0.05) is 6.92 Å². The Labute approximate surface area is 87.2 Å². The fourth-order valence-corrected chi connectivity index (χ4v) is 2.59. The molecule has 0 amide bonds. The van der Waals surface area contributed by atoms with Crippen LogP contribution in [-0.4, -0.2) is 40.0 Å². The van der Waals surface area contributed by atoms with Gasteiger partial charge in [0.15, 0.2) is 0 Å². The molecule has 0 aromatic heterocycles. The van der Waals surface area contributed by atoms with E-state index in [4.69, 9.17) is 9.47 Å². The third-order valence-corrected chi connectivity index (χ3v) is 3.65. The summed E-state index contributed by atoms with van der Waals surface area (Å²) in [4.78, 5) is 0. The summed E-state index contributed by atoms with van der Waals surface area (Å²) in [5, 5.41) is 3.28. The van der Waals surface area contributed by atoms with Crippen LogP contribution in [-0.2, 0) is 9.47 Å². The first-order chi connectivity index (χ1) is 6.67. The highest BCUT2D eigenvalue weighted by atomic mass is 16.5. The van der Waals surface area contributed by atoms with Gasteiger partial charge in [-0.3, -0.25) is 0 Å². The maximum absolute atomic E-state index is 5.69. The van der Waals surface area contributed by atoms with E-state index < -0.39 is 0 Å². The predicted octanol–water partition coefficient (Wildman–Crippen LogP) is 1.28. The Morgan fingerprint density at radius 1 is 1.64 bits per heavy atom. The van der Waals surface area contributed by atoms with Gasteiger partial charge in [0, 0.05) is 32.3 Å². The molecule has 0 aliphatic carbocycles. The smallest absolute Gasteiger partial charge is 0.0619 e. The fraction of sp³-hybridized carbons (Fsp3) is 1.00. The Morgan fingerprint density at radius 3 is 2.79 bits per heavy atom. The molecule has 1 N–H and O–H groups in total. The minimum absolute atomic E-state index is 0.255. The van der Waals surface area contributed by atoms with Gasteiger partial charge in [-0.05, 0) is 26.3 Å². The van der Waals surface area contributed by atoms with Gasteiger partial charge in [-0.15, -0.1) is 0 Å². The number of ether oxygens (including phenoxy) is 2. The second kappa shape index (κ2) is 5.10. The van der Waals surface area contributed by atoms with Gasteiger partial charge in [-0.2, -0.15) is 0 Å². The molecule has 84 valence electrons. The number of hydrogen-bond acceptors (Lipinski definition) is 3. The second-order valence-corrected chi connectivity index (χ2v) is 4.38. The average Bonchev–Trinajstić information content (AvgIpc) is 2.50. The van der Waals surface area contributed by atoms with Crippen LogP contribution in [0.1, 0.15) is 20.3 Å². The molecular weight excluding hydrogens is 178 g/mol. The van der Waals surface area contributed by atoms with Crippen molar-refractivity contribution in [3.8, 4) is 0 Å². The second-order valence-electron chi connectivity index (χ2n) is 4.38. The predicted molar refractivity (Wildman–Crippen MR) is 57.4 cm³/mol. The Bertz CT molecular complexity index is 175. The molecule has 1 saturated heterocycles. The van der Waals surface area contributed by atoms with Crippen molar-refractivity contribution >= 4 is 0 Å². The first-order valence-corrected chi connectivity index (χ1v) is 5.42. The summed E-state index contributed by atoms with van der Waals surface area (Å²) in [6.45, 7) is 7.15. The normalized spacial score (nSPS) is 34.7. The molecule has 0 aromatic rings. The molecule has 1 heterocycles. The summed E-state index contributed by atoms with van der Waals surface area (Å²) >= 11 is 0. The summed E-state index contributed by atoms with van der Waals surface area (Å²) in [5.74, 6) is 0.539. The van der Waals surface area contributed by atoms with Crippen LogP contribution < -0.4 is 5.32 Å². The van der Waals surface area contributed by atoms with Crippen molar-refractivity contribution in [3.05, 3.63) is 0 Å². The first kappa shape index (κ1) is 12.0. The van der Waals surface area contributed by atoms with E-state index in [0.29, 0.717) is 12.0 Å². The first-order valence-electron chi connectivity index (χ1n) is 5.42. The van der Waals surface area contributed by atoms with Crippen molar-refractivity contribution in [3.63, 3.8) is 0 Å². The molecule has 0 aromatic carbocycles. The minimum Gasteiger partial charge on any atom is -0.384 e. The Morgan fingerprint density at radius 2 is 2.36 bits per heavy atom. The molecule has 1 aliphatic heterocycles. The molecule has 3 atom stereocenters. The van der Waals surface area contributed by atoms with Crippen LogP contribution in [0, 0.1) is 11.3 Å². The quantitative estimate of drug-likeness (QED) is 0.727. The highest BCUT2D eigenvalue weighted by Gasteiger charge is 2.45. The average molecular weight is 201 g/mol. The van der Waals surface area contributed by atoms with E-state index in [1.165, 1.54) is 0 Å². The molecule has 1 fully saturated rings. The fourth-order valence-electron chi connectivity index (χ4n) is 2.59. The molecule has 14 heavy (non-hydrogen) atoms. The maximum atomic E-state index is 5.69. The lowest BCUT2D eigenvalue weighted by molar-refractivity contribution is 0.00544. The van der Waals surface area contributed by atoms with E-state index in [0.717, 1.165) is 26.2 Å². The number of nitrogens with one attached hydrogen (secondary N) is 1. The van der Waals surface area contributed by atoms with Crippen molar-refractivity contribution in [2.45, 2.75) is 26.4 Å². The van der Waals surface area contributed by atoms with E-state index in [9.17, 15) is 0 Å². The summed E-state index contributed by atoms with van der Waals surface area (Å²) in [5.41, 5.74) is 0.255. The molecular formula is C11H23NO2. The monoisotopic (exact) mass is 201 g/mol. The van der Waals surface area contributed by atoms with Crippen LogP contribution in [0.15, 0.2) is 0 Å². The molecule has 1 rings (SSSR count). The third-order valence-electron chi connectivity index (χ3n) is 3.65. The lowest BCUT2D eigenvalue weighted by Gasteiger charge is -2.37. The summed E-state index contributed by atoms with van der Waals surface area (Å²) in [7, 11) is 3.77. The number of methoxy groups -OCH3 is 1. The molecule has 0 bridgehead atoms. The molecule has 0 radical (unpaired) electrons. The van der Waals surface area contributed by atoms with Crippen LogP contribution in [0.3, 0.4) is 0 Å². The molecule has 1 aliphatic rings. The van der Waals surface area contributed by atoms with Gasteiger partial charge < -0.3 is 14.8 Å². The van der Waals surface area contributed by atoms with E-state index >= 15 is 0 Å². The van der Waals surface area contributed by atoms with Crippen LogP contribution in [0.25, 0.3) is 0 Å². The van der Waals surface area contributed by atoms with Crippen molar-refractivity contribution in [2.75, 3.05) is 33.9 Å².